The second kappa shape index (κ2) is 7.19. The van der Waals surface area contributed by atoms with E-state index in [1.165, 1.54) is 12.1 Å². The molecule has 1 aliphatic rings. The maximum Gasteiger partial charge on any atom is 0.269 e. The predicted molar refractivity (Wildman–Crippen MR) is 107 cm³/mol. The van der Waals surface area contributed by atoms with Crippen LogP contribution in [0.15, 0.2) is 41.5 Å². The van der Waals surface area contributed by atoms with E-state index in [2.05, 4.69) is 5.10 Å². The van der Waals surface area contributed by atoms with Crippen LogP contribution >= 0.6 is 35.4 Å². The fraction of sp³-hybridized carbons (Fsp3) is 0.176. The minimum Gasteiger partial charge on any atom is -0.375 e. The van der Waals surface area contributed by atoms with E-state index in [0.29, 0.717) is 27.7 Å². The molecule has 9 heteroatoms. The summed E-state index contributed by atoms with van der Waals surface area (Å²) in [7, 11) is 0. The third-order valence-corrected chi connectivity index (χ3v) is 5.03. The Labute approximate surface area is 165 Å². The number of thiocarbonyl (C=S) groups is 1. The lowest BCUT2D eigenvalue weighted by Crippen LogP contribution is -2.38. The van der Waals surface area contributed by atoms with Gasteiger partial charge in [-0.15, -0.1) is 0 Å². The first-order valence-corrected chi connectivity index (χ1v) is 8.84. The fourth-order valence-electron chi connectivity index (χ4n) is 2.86. The molecule has 0 bridgehead atoms. The summed E-state index contributed by atoms with van der Waals surface area (Å²) >= 11 is 17.5. The Hall–Kier alpha value is -2.22. The van der Waals surface area contributed by atoms with Crippen molar-refractivity contribution in [1.82, 2.24) is 5.01 Å². The van der Waals surface area contributed by atoms with E-state index in [-0.39, 0.29) is 16.8 Å². The summed E-state index contributed by atoms with van der Waals surface area (Å²) in [5.41, 5.74) is 8.83. The number of benzene rings is 2. The van der Waals surface area contributed by atoms with Gasteiger partial charge in [-0.2, -0.15) is 5.10 Å². The van der Waals surface area contributed by atoms with Crippen molar-refractivity contribution in [3.05, 3.63) is 73.2 Å². The van der Waals surface area contributed by atoms with Crippen LogP contribution in [0.4, 0.5) is 5.69 Å². The molecule has 26 heavy (non-hydrogen) atoms. The molecule has 0 fully saturated rings. The monoisotopic (exact) mass is 408 g/mol. The number of hydrogen-bond acceptors (Lipinski definition) is 4. The van der Waals surface area contributed by atoms with Crippen molar-refractivity contribution in [2.24, 2.45) is 10.8 Å². The number of nitrogens with two attached hydrogens (primary N) is 1. The first-order chi connectivity index (χ1) is 12.3. The van der Waals surface area contributed by atoms with E-state index in [0.717, 1.165) is 11.1 Å². The molecule has 0 amide bonds. The predicted octanol–water partition coefficient (Wildman–Crippen LogP) is 4.14. The molecule has 0 radical (unpaired) electrons. The smallest absolute Gasteiger partial charge is 0.269 e. The van der Waals surface area contributed by atoms with Crippen LogP contribution in [-0.2, 0) is 6.42 Å². The summed E-state index contributed by atoms with van der Waals surface area (Å²) in [5.74, 6) is 0. The van der Waals surface area contributed by atoms with Crippen LogP contribution < -0.4 is 5.73 Å². The number of fused-ring (bicyclic) bond motifs is 1. The van der Waals surface area contributed by atoms with Gasteiger partial charge in [-0.25, -0.2) is 5.01 Å². The Morgan fingerprint density at radius 3 is 2.50 bits per heavy atom. The van der Waals surface area contributed by atoms with E-state index >= 15 is 0 Å². The van der Waals surface area contributed by atoms with Gasteiger partial charge >= 0.3 is 0 Å². The van der Waals surface area contributed by atoms with Crippen LogP contribution in [0.5, 0.6) is 0 Å². The molecular weight excluding hydrogens is 395 g/mol. The maximum atomic E-state index is 10.9. The van der Waals surface area contributed by atoms with Gasteiger partial charge in [0.2, 0.25) is 0 Å². The molecule has 0 saturated heterocycles. The molecule has 0 spiro atoms. The summed E-state index contributed by atoms with van der Waals surface area (Å²) < 4.78 is 0. The van der Waals surface area contributed by atoms with Crippen molar-refractivity contribution in [2.75, 3.05) is 0 Å². The second-order valence-corrected chi connectivity index (χ2v) is 7.14. The van der Waals surface area contributed by atoms with Gasteiger partial charge in [-0.1, -0.05) is 23.2 Å². The van der Waals surface area contributed by atoms with E-state index in [9.17, 15) is 10.1 Å². The summed E-state index contributed by atoms with van der Waals surface area (Å²) in [5, 5.41) is 18.1. The maximum absolute atomic E-state index is 10.9. The second-order valence-electron chi connectivity index (χ2n) is 5.91. The summed E-state index contributed by atoms with van der Waals surface area (Å²) in [6.07, 6.45) is 0.615. The molecule has 3 rings (SSSR count). The van der Waals surface area contributed by atoms with Crippen molar-refractivity contribution in [3.63, 3.8) is 0 Å². The van der Waals surface area contributed by atoms with Gasteiger partial charge in [0, 0.05) is 23.3 Å². The molecule has 1 heterocycles. The quantitative estimate of drug-likeness (QED) is 0.458. The number of hydrazone groups is 1. The normalized spacial score (nSPS) is 16.5. The highest BCUT2D eigenvalue weighted by atomic mass is 35.5. The van der Waals surface area contributed by atoms with Gasteiger partial charge in [-0.05, 0) is 55.4 Å². The molecule has 0 saturated carbocycles. The third-order valence-electron chi connectivity index (χ3n) is 4.12. The highest BCUT2D eigenvalue weighted by Gasteiger charge is 2.26. The van der Waals surface area contributed by atoms with Crippen LogP contribution in [-0.4, -0.2) is 26.8 Å². The first-order valence-electron chi connectivity index (χ1n) is 7.68. The standard InChI is InChI=1S/C17H14Cl2N4O2S/c1-9-6-11-7-14(18)15(19)8-13(11)16(21-22(9)17(20)26)10-2-4-12(5-3-10)23(24)25/h2-5,7-9H,6H2,1H3,(H2,20,26). The van der Waals surface area contributed by atoms with Crippen LogP contribution in [0.3, 0.4) is 0 Å². The molecule has 1 unspecified atom stereocenters. The minimum absolute atomic E-state index is 0.00287. The summed E-state index contributed by atoms with van der Waals surface area (Å²) in [6.45, 7) is 1.95. The Balaban J connectivity index is 2.21. The van der Waals surface area contributed by atoms with E-state index in [4.69, 9.17) is 41.2 Å². The molecule has 0 aliphatic carbocycles. The zero-order valence-electron chi connectivity index (χ0n) is 13.6. The molecule has 6 nitrogen and oxygen atoms in total. The molecule has 0 aromatic heterocycles. The third kappa shape index (κ3) is 3.51. The average Bonchev–Trinajstić information content (AvgIpc) is 2.72. The van der Waals surface area contributed by atoms with Gasteiger partial charge in [0.05, 0.1) is 26.7 Å². The van der Waals surface area contributed by atoms with Crippen molar-refractivity contribution in [1.29, 1.82) is 0 Å². The number of nitrogens with zero attached hydrogens (tertiary/aromatic N) is 3. The van der Waals surface area contributed by atoms with Crippen molar-refractivity contribution >= 4 is 51.9 Å². The molecule has 134 valence electrons. The van der Waals surface area contributed by atoms with Crippen LogP contribution in [0.2, 0.25) is 10.0 Å². The molecule has 2 N–H and O–H groups in total. The number of hydrogen-bond donors (Lipinski definition) is 1. The van der Waals surface area contributed by atoms with Gasteiger partial charge in [0.15, 0.2) is 5.11 Å². The molecular formula is C17H14Cl2N4O2S. The van der Waals surface area contributed by atoms with Gasteiger partial charge in [0.25, 0.3) is 5.69 Å². The SMILES string of the molecule is CC1Cc2cc(Cl)c(Cl)cc2C(c2ccc([N+](=O)[O-])cc2)=NN1C(N)=S. The van der Waals surface area contributed by atoms with Crippen molar-refractivity contribution in [3.8, 4) is 0 Å². The fourth-order valence-corrected chi connectivity index (χ4v) is 3.43. The lowest BCUT2D eigenvalue weighted by atomic mass is 9.94. The van der Waals surface area contributed by atoms with E-state index in [1.807, 2.05) is 6.92 Å². The van der Waals surface area contributed by atoms with Crippen LogP contribution in [0.25, 0.3) is 0 Å². The van der Waals surface area contributed by atoms with Crippen LogP contribution in [0, 0.1) is 10.1 Å². The van der Waals surface area contributed by atoms with Gasteiger partial charge in [0.1, 0.15) is 0 Å². The number of nitro benzene ring substituents is 1. The molecule has 2 aromatic carbocycles. The van der Waals surface area contributed by atoms with E-state index in [1.54, 1.807) is 29.3 Å². The highest BCUT2D eigenvalue weighted by molar-refractivity contribution is 7.80. The number of nitro groups is 1. The summed E-state index contributed by atoms with van der Waals surface area (Å²) in [4.78, 5) is 10.5. The zero-order chi connectivity index (χ0) is 19.0. The van der Waals surface area contributed by atoms with E-state index < -0.39 is 4.92 Å². The topological polar surface area (TPSA) is 84.8 Å². The Morgan fingerprint density at radius 1 is 1.31 bits per heavy atom. The van der Waals surface area contributed by atoms with Crippen LogP contribution in [0.1, 0.15) is 23.6 Å². The van der Waals surface area contributed by atoms with Gasteiger partial charge < -0.3 is 5.73 Å². The largest absolute Gasteiger partial charge is 0.375 e. The Bertz CT molecular complexity index is 931. The molecule has 2 aromatic rings. The van der Waals surface area contributed by atoms with Crippen molar-refractivity contribution < 1.29 is 4.92 Å². The minimum atomic E-state index is -0.452. The van der Waals surface area contributed by atoms with Crippen molar-refractivity contribution in [2.45, 2.75) is 19.4 Å². The lowest BCUT2D eigenvalue weighted by Gasteiger charge is -2.23. The Morgan fingerprint density at radius 2 is 1.92 bits per heavy atom. The number of halogens is 2. The molecule has 1 aliphatic heterocycles. The van der Waals surface area contributed by atoms with Gasteiger partial charge in [-0.3, -0.25) is 10.1 Å². The zero-order valence-corrected chi connectivity index (χ0v) is 16.0. The lowest BCUT2D eigenvalue weighted by molar-refractivity contribution is -0.384. The first kappa shape index (κ1) is 18.6. The highest BCUT2D eigenvalue weighted by Crippen LogP contribution is 2.31. The number of non-ortho nitro benzene ring substituents is 1. The summed E-state index contributed by atoms with van der Waals surface area (Å²) in [6, 6.07) is 9.59. The average molecular weight is 409 g/mol. The molecule has 1 atom stereocenters. The number of rotatable bonds is 2. The Kier molecular flexibility index (Phi) is 5.13.